The molecular weight excluding hydrogens is 438 g/mol. The van der Waals surface area contributed by atoms with Gasteiger partial charge in [-0.05, 0) is 42.7 Å². The van der Waals surface area contributed by atoms with Crippen LogP contribution in [0.4, 0.5) is 17.1 Å². The zero-order valence-corrected chi connectivity index (χ0v) is 18.7. The molecule has 3 aromatic carbocycles. The monoisotopic (exact) mass is 461 g/mol. The number of rotatable bonds is 6. The molecule has 0 saturated carbocycles. The summed E-state index contributed by atoms with van der Waals surface area (Å²) >= 11 is 0. The minimum absolute atomic E-state index is 0.124. The summed E-state index contributed by atoms with van der Waals surface area (Å²) < 4.78 is 10.3. The lowest BCUT2D eigenvalue weighted by Gasteiger charge is -2.30. The summed E-state index contributed by atoms with van der Waals surface area (Å²) in [5.41, 5.74) is 2.11. The van der Waals surface area contributed by atoms with Crippen molar-refractivity contribution in [1.29, 1.82) is 0 Å². The SMILES string of the molecule is COc1cc(C(=O)Nc2ccc3c(c2)N(C(=O)c2ccccc2)CCC3)c([N+](=O)[O-])cc1OC. The van der Waals surface area contributed by atoms with Crippen LogP contribution >= 0.6 is 0 Å². The van der Waals surface area contributed by atoms with E-state index in [1.807, 2.05) is 24.3 Å². The highest BCUT2D eigenvalue weighted by molar-refractivity contribution is 6.09. The molecule has 4 rings (SSSR count). The Morgan fingerprint density at radius 1 is 1.00 bits per heavy atom. The zero-order valence-electron chi connectivity index (χ0n) is 18.7. The third-order valence-electron chi connectivity index (χ3n) is 5.67. The number of aryl methyl sites for hydroxylation is 1. The largest absolute Gasteiger partial charge is 0.493 e. The van der Waals surface area contributed by atoms with E-state index < -0.39 is 16.5 Å². The number of carbonyl (C=O) groups is 2. The van der Waals surface area contributed by atoms with Crippen molar-refractivity contribution in [2.24, 2.45) is 0 Å². The number of ether oxygens (including phenoxy) is 2. The van der Waals surface area contributed by atoms with Crippen molar-refractivity contribution in [2.75, 3.05) is 31.0 Å². The quantitative estimate of drug-likeness (QED) is 0.429. The molecule has 1 aliphatic rings. The molecule has 3 aromatic rings. The van der Waals surface area contributed by atoms with Crippen molar-refractivity contribution in [3.63, 3.8) is 0 Å². The lowest BCUT2D eigenvalue weighted by atomic mass is 10.00. The molecule has 0 bridgehead atoms. The Morgan fingerprint density at radius 2 is 1.71 bits per heavy atom. The van der Waals surface area contributed by atoms with Crippen molar-refractivity contribution >= 4 is 28.9 Å². The molecule has 0 radical (unpaired) electrons. The van der Waals surface area contributed by atoms with Crippen LogP contribution in [0.3, 0.4) is 0 Å². The lowest BCUT2D eigenvalue weighted by Crippen LogP contribution is -2.35. The first-order chi connectivity index (χ1) is 16.4. The van der Waals surface area contributed by atoms with Gasteiger partial charge in [0.2, 0.25) is 0 Å². The molecule has 0 aromatic heterocycles. The van der Waals surface area contributed by atoms with Crippen LogP contribution in [0.25, 0.3) is 0 Å². The number of hydrogen-bond donors (Lipinski definition) is 1. The highest BCUT2D eigenvalue weighted by Crippen LogP contribution is 2.36. The molecule has 0 atom stereocenters. The molecule has 0 aliphatic carbocycles. The topological polar surface area (TPSA) is 111 Å². The van der Waals surface area contributed by atoms with Crippen molar-refractivity contribution in [3.05, 3.63) is 87.5 Å². The Bertz CT molecular complexity index is 1260. The second-order valence-electron chi connectivity index (χ2n) is 7.71. The molecule has 1 aliphatic heterocycles. The standard InChI is InChI=1S/C25H23N3O6/c1-33-22-14-19(21(28(31)32)15-23(22)34-2)24(29)26-18-11-10-16-9-6-12-27(20(16)13-18)25(30)17-7-4-3-5-8-17/h3-5,7-8,10-11,13-15H,6,9,12H2,1-2H3,(H,26,29). The minimum atomic E-state index is -0.677. The third-order valence-corrected chi connectivity index (χ3v) is 5.67. The van der Waals surface area contributed by atoms with E-state index in [0.29, 0.717) is 23.5 Å². The van der Waals surface area contributed by atoms with Gasteiger partial charge >= 0.3 is 0 Å². The third kappa shape index (κ3) is 4.40. The smallest absolute Gasteiger partial charge is 0.286 e. The molecule has 9 nitrogen and oxygen atoms in total. The van der Waals surface area contributed by atoms with E-state index >= 15 is 0 Å². The normalized spacial score (nSPS) is 12.5. The number of nitrogens with one attached hydrogen (secondary N) is 1. The van der Waals surface area contributed by atoms with E-state index in [-0.39, 0.29) is 23.0 Å². The predicted molar refractivity (Wildman–Crippen MR) is 127 cm³/mol. The maximum absolute atomic E-state index is 13.1. The fourth-order valence-electron chi connectivity index (χ4n) is 4.00. The Morgan fingerprint density at radius 3 is 2.38 bits per heavy atom. The molecule has 0 fully saturated rings. The maximum Gasteiger partial charge on any atom is 0.286 e. The summed E-state index contributed by atoms with van der Waals surface area (Å²) in [6.45, 7) is 0.555. The molecule has 0 saturated heterocycles. The van der Waals surface area contributed by atoms with Crippen LogP contribution in [0, 0.1) is 10.1 Å². The number of amides is 2. The van der Waals surface area contributed by atoms with Crippen molar-refractivity contribution in [3.8, 4) is 11.5 Å². The number of carbonyl (C=O) groups excluding carboxylic acids is 2. The average Bonchev–Trinajstić information content (AvgIpc) is 2.87. The van der Waals surface area contributed by atoms with E-state index in [4.69, 9.17) is 9.47 Å². The zero-order chi connectivity index (χ0) is 24.2. The van der Waals surface area contributed by atoms with Crippen LogP contribution in [-0.4, -0.2) is 37.5 Å². The number of hydrogen-bond acceptors (Lipinski definition) is 6. The highest BCUT2D eigenvalue weighted by atomic mass is 16.6. The molecule has 1 N–H and O–H groups in total. The number of fused-ring (bicyclic) bond motifs is 1. The van der Waals surface area contributed by atoms with Gasteiger partial charge in [-0.25, -0.2) is 0 Å². The second kappa shape index (κ2) is 9.62. The van der Waals surface area contributed by atoms with E-state index in [1.165, 1.54) is 20.3 Å². The van der Waals surface area contributed by atoms with E-state index in [0.717, 1.165) is 24.5 Å². The number of nitro benzene ring substituents is 1. The van der Waals surface area contributed by atoms with Crippen LogP contribution in [-0.2, 0) is 6.42 Å². The fraction of sp³-hybridized carbons (Fsp3) is 0.200. The first-order valence-corrected chi connectivity index (χ1v) is 10.6. The van der Waals surface area contributed by atoms with Gasteiger partial charge in [-0.1, -0.05) is 24.3 Å². The van der Waals surface area contributed by atoms with Gasteiger partial charge in [0.05, 0.1) is 25.2 Å². The Hall–Kier alpha value is -4.40. The molecule has 2 amide bonds. The summed E-state index contributed by atoms with van der Waals surface area (Å²) in [6.07, 6.45) is 1.64. The van der Waals surface area contributed by atoms with Gasteiger partial charge in [-0.15, -0.1) is 0 Å². The summed E-state index contributed by atoms with van der Waals surface area (Å²) in [5.74, 6) is -0.456. The van der Waals surface area contributed by atoms with Gasteiger partial charge in [0.25, 0.3) is 17.5 Å². The predicted octanol–water partition coefficient (Wildman–Crippen LogP) is 4.46. The molecule has 174 valence electrons. The van der Waals surface area contributed by atoms with Gasteiger partial charge in [-0.2, -0.15) is 0 Å². The number of benzene rings is 3. The highest BCUT2D eigenvalue weighted by Gasteiger charge is 2.27. The van der Waals surface area contributed by atoms with Gasteiger partial charge < -0.3 is 19.7 Å². The summed E-state index contributed by atoms with van der Waals surface area (Å²) in [6, 6.07) is 16.7. The van der Waals surface area contributed by atoms with Crippen LogP contribution in [0.1, 0.15) is 32.7 Å². The average molecular weight is 461 g/mol. The second-order valence-corrected chi connectivity index (χ2v) is 7.71. The van der Waals surface area contributed by atoms with Gasteiger partial charge in [0, 0.05) is 29.5 Å². The fourth-order valence-corrected chi connectivity index (χ4v) is 4.00. The molecule has 34 heavy (non-hydrogen) atoms. The molecule has 0 spiro atoms. The molecule has 0 unspecified atom stereocenters. The minimum Gasteiger partial charge on any atom is -0.493 e. The molecule has 1 heterocycles. The molecular formula is C25H23N3O6. The van der Waals surface area contributed by atoms with E-state index in [1.54, 1.807) is 29.2 Å². The lowest BCUT2D eigenvalue weighted by molar-refractivity contribution is -0.385. The van der Waals surface area contributed by atoms with Gasteiger partial charge in [-0.3, -0.25) is 19.7 Å². The van der Waals surface area contributed by atoms with Crippen LogP contribution in [0.2, 0.25) is 0 Å². The number of nitrogens with zero attached hydrogens (tertiary/aromatic N) is 2. The van der Waals surface area contributed by atoms with Crippen molar-refractivity contribution in [2.45, 2.75) is 12.8 Å². The first-order valence-electron chi connectivity index (χ1n) is 10.6. The summed E-state index contributed by atoms with van der Waals surface area (Å²) in [7, 11) is 2.74. The van der Waals surface area contributed by atoms with Crippen LogP contribution < -0.4 is 19.7 Å². The number of nitro groups is 1. The Labute approximate surface area is 196 Å². The van der Waals surface area contributed by atoms with E-state index in [2.05, 4.69) is 5.32 Å². The maximum atomic E-state index is 13.1. The van der Waals surface area contributed by atoms with Crippen LogP contribution in [0.15, 0.2) is 60.7 Å². The van der Waals surface area contributed by atoms with Gasteiger partial charge in [0.1, 0.15) is 5.56 Å². The Kier molecular flexibility index (Phi) is 6.44. The molecule has 9 heteroatoms. The first kappa shape index (κ1) is 22.8. The Balaban J connectivity index is 1.66. The number of methoxy groups -OCH3 is 2. The van der Waals surface area contributed by atoms with Crippen molar-refractivity contribution in [1.82, 2.24) is 0 Å². The van der Waals surface area contributed by atoms with Crippen molar-refractivity contribution < 1.29 is 24.0 Å². The van der Waals surface area contributed by atoms with Crippen LogP contribution in [0.5, 0.6) is 11.5 Å². The summed E-state index contributed by atoms with van der Waals surface area (Å²) in [4.78, 5) is 38.7. The summed E-state index contributed by atoms with van der Waals surface area (Å²) in [5, 5.41) is 14.3. The van der Waals surface area contributed by atoms with E-state index in [9.17, 15) is 19.7 Å². The number of anilines is 2. The van der Waals surface area contributed by atoms with Gasteiger partial charge in [0.15, 0.2) is 11.5 Å².